The van der Waals surface area contributed by atoms with Gasteiger partial charge in [0.2, 0.25) is 0 Å². The molecule has 3 aromatic heterocycles. The molecule has 28 heavy (non-hydrogen) atoms. The molecule has 1 aromatic carbocycles. The van der Waals surface area contributed by atoms with E-state index < -0.39 is 0 Å². The molecule has 0 fully saturated rings. The van der Waals surface area contributed by atoms with Crippen LogP contribution in [0.2, 0.25) is 5.02 Å². The van der Waals surface area contributed by atoms with Crippen LogP contribution < -0.4 is 10.9 Å². The minimum atomic E-state index is -0.356. The van der Waals surface area contributed by atoms with Gasteiger partial charge in [-0.1, -0.05) is 35.0 Å². The lowest BCUT2D eigenvalue weighted by molar-refractivity contribution is 0.102. The molecule has 0 radical (unpaired) electrons. The number of carbonyl (C=O) groups excluding carboxylic acids is 1. The third-order valence-electron chi connectivity index (χ3n) is 4.29. The first kappa shape index (κ1) is 18.4. The van der Waals surface area contributed by atoms with Crippen molar-refractivity contribution in [2.45, 2.75) is 20.4 Å². The number of benzene rings is 1. The van der Waals surface area contributed by atoms with Gasteiger partial charge in [-0.05, 0) is 31.0 Å². The van der Waals surface area contributed by atoms with Crippen molar-refractivity contribution in [3.8, 4) is 0 Å². The maximum absolute atomic E-state index is 13.0. The summed E-state index contributed by atoms with van der Waals surface area (Å²) >= 11 is 7.37. The Morgan fingerprint density at radius 3 is 2.82 bits per heavy atom. The van der Waals surface area contributed by atoms with Crippen molar-refractivity contribution in [2.24, 2.45) is 0 Å². The Kier molecular flexibility index (Phi) is 4.74. The van der Waals surface area contributed by atoms with Gasteiger partial charge in [0.15, 0.2) is 5.82 Å². The second kappa shape index (κ2) is 7.21. The normalized spacial score (nSPS) is 11.1. The standard InChI is InChI=1S/C19H15ClN4O3S/c1-10-7-14(23-27-10)22-17(25)16-11(2)15-18(28-16)21-9-24(19(15)26)8-12-5-3-4-6-13(12)20/h3-7,9H,8H2,1-2H3,(H,22,23,25). The van der Waals surface area contributed by atoms with Crippen molar-refractivity contribution in [3.63, 3.8) is 0 Å². The van der Waals surface area contributed by atoms with Gasteiger partial charge >= 0.3 is 0 Å². The molecule has 3 heterocycles. The van der Waals surface area contributed by atoms with E-state index in [0.29, 0.717) is 43.8 Å². The number of fused-ring (bicyclic) bond motifs is 1. The summed E-state index contributed by atoms with van der Waals surface area (Å²) in [6.45, 7) is 3.78. The number of nitrogens with one attached hydrogen (secondary N) is 1. The Hall–Kier alpha value is -2.97. The fourth-order valence-electron chi connectivity index (χ4n) is 2.90. The lowest BCUT2D eigenvalue weighted by Crippen LogP contribution is -2.21. The van der Waals surface area contributed by atoms with Crippen LogP contribution in [0.25, 0.3) is 10.2 Å². The first-order chi connectivity index (χ1) is 13.4. The minimum Gasteiger partial charge on any atom is -0.360 e. The number of aromatic nitrogens is 3. The molecule has 1 N–H and O–H groups in total. The number of rotatable bonds is 4. The van der Waals surface area contributed by atoms with Crippen LogP contribution in [0.15, 0.2) is 46.0 Å². The number of halogens is 1. The zero-order valence-corrected chi connectivity index (χ0v) is 16.6. The molecule has 0 saturated carbocycles. The summed E-state index contributed by atoms with van der Waals surface area (Å²) in [5, 5.41) is 7.44. The minimum absolute atomic E-state index is 0.213. The zero-order chi connectivity index (χ0) is 19.8. The van der Waals surface area contributed by atoms with Crippen LogP contribution in [-0.2, 0) is 6.54 Å². The molecule has 0 bridgehead atoms. The van der Waals surface area contributed by atoms with E-state index in [1.54, 1.807) is 26.0 Å². The highest BCUT2D eigenvalue weighted by Gasteiger charge is 2.20. The first-order valence-electron chi connectivity index (χ1n) is 8.40. The van der Waals surface area contributed by atoms with Gasteiger partial charge in [0.1, 0.15) is 10.6 Å². The number of amides is 1. The van der Waals surface area contributed by atoms with Gasteiger partial charge in [0.05, 0.1) is 23.1 Å². The lowest BCUT2D eigenvalue weighted by Gasteiger charge is -2.07. The number of hydrogen-bond donors (Lipinski definition) is 1. The summed E-state index contributed by atoms with van der Waals surface area (Å²) in [7, 11) is 0. The Morgan fingerprint density at radius 1 is 1.32 bits per heavy atom. The van der Waals surface area contributed by atoms with Crippen LogP contribution in [0.4, 0.5) is 5.82 Å². The van der Waals surface area contributed by atoms with E-state index in [1.165, 1.54) is 22.2 Å². The highest BCUT2D eigenvalue weighted by atomic mass is 35.5. The highest BCUT2D eigenvalue weighted by Crippen LogP contribution is 2.28. The van der Waals surface area contributed by atoms with Gasteiger partial charge in [-0.15, -0.1) is 11.3 Å². The van der Waals surface area contributed by atoms with Crippen molar-refractivity contribution >= 4 is 44.9 Å². The molecule has 9 heteroatoms. The summed E-state index contributed by atoms with van der Waals surface area (Å²) in [4.78, 5) is 30.9. The van der Waals surface area contributed by atoms with E-state index in [1.807, 2.05) is 18.2 Å². The number of hydrogen-bond acceptors (Lipinski definition) is 6. The molecule has 7 nitrogen and oxygen atoms in total. The fourth-order valence-corrected chi connectivity index (χ4v) is 4.13. The van der Waals surface area contributed by atoms with Crippen LogP contribution in [0.5, 0.6) is 0 Å². The summed E-state index contributed by atoms with van der Waals surface area (Å²) in [6.07, 6.45) is 1.48. The number of anilines is 1. The molecular formula is C19H15ClN4O3S. The van der Waals surface area contributed by atoms with Crippen molar-refractivity contribution in [2.75, 3.05) is 5.32 Å². The van der Waals surface area contributed by atoms with E-state index in [4.69, 9.17) is 16.1 Å². The van der Waals surface area contributed by atoms with Crippen LogP contribution in [0, 0.1) is 13.8 Å². The Labute approximate surface area is 168 Å². The molecule has 4 aromatic rings. The summed E-state index contributed by atoms with van der Waals surface area (Å²) < 4.78 is 6.45. The van der Waals surface area contributed by atoms with E-state index in [-0.39, 0.29) is 11.5 Å². The van der Waals surface area contributed by atoms with Crippen molar-refractivity contribution < 1.29 is 9.32 Å². The monoisotopic (exact) mass is 414 g/mol. The molecule has 0 aliphatic rings. The topological polar surface area (TPSA) is 90.0 Å². The zero-order valence-electron chi connectivity index (χ0n) is 15.0. The van der Waals surface area contributed by atoms with Crippen molar-refractivity contribution in [3.05, 3.63) is 73.8 Å². The van der Waals surface area contributed by atoms with Gasteiger partial charge in [-0.3, -0.25) is 14.2 Å². The van der Waals surface area contributed by atoms with Crippen LogP contribution in [0.3, 0.4) is 0 Å². The van der Waals surface area contributed by atoms with E-state index in [2.05, 4.69) is 15.5 Å². The van der Waals surface area contributed by atoms with Gasteiger partial charge in [0.25, 0.3) is 11.5 Å². The molecular weight excluding hydrogens is 400 g/mol. The van der Waals surface area contributed by atoms with Crippen LogP contribution >= 0.6 is 22.9 Å². The second-order valence-electron chi connectivity index (χ2n) is 6.28. The average Bonchev–Trinajstić information content (AvgIpc) is 3.22. The number of nitrogens with zero attached hydrogens (tertiary/aromatic N) is 3. The SMILES string of the molecule is Cc1cc(NC(=O)c2sc3ncn(Cc4ccccc4Cl)c(=O)c3c2C)no1. The van der Waals surface area contributed by atoms with Gasteiger partial charge in [0, 0.05) is 11.1 Å². The van der Waals surface area contributed by atoms with Gasteiger partial charge < -0.3 is 9.84 Å². The van der Waals surface area contributed by atoms with Gasteiger partial charge in [-0.2, -0.15) is 0 Å². The maximum Gasteiger partial charge on any atom is 0.267 e. The van der Waals surface area contributed by atoms with E-state index in [9.17, 15) is 9.59 Å². The maximum atomic E-state index is 13.0. The predicted molar refractivity (Wildman–Crippen MR) is 108 cm³/mol. The Balaban J connectivity index is 1.71. The smallest absolute Gasteiger partial charge is 0.267 e. The molecule has 0 aliphatic heterocycles. The molecule has 0 aliphatic carbocycles. The molecule has 142 valence electrons. The van der Waals surface area contributed by atoms with Crippen molar-refractivity contribution in [1.82, 2.24) is 14.7 Å². The highest BCUT2D eigenvalue weighted by molar-refractivity contribution is 7.20. The number of aryl methyl sites for hydroxylation is 2. The van der Waals surface area contributed by atoms with E-state index in [0.717, 1.165) is 5.56 Å². The summed E-state index contributed by atoms with van der Waals surface area (Å²) in [5.41, 5.74) is 1.19. The molecule has 0 spiro atoms. The second-order valence-corrected chi connectivity index (χ2v) is 7.69. The third kappa shape index (κ3) is 3.32. The third-order valence-corrected chi connectivity index (χ3v) is 5.86. The first-order valence-corrected chi connectivity index (χ1v) is 9.60. The Bertz CT molecular complexity index is 1260. The quantitative estimate of drug-likeness (QED) is 0.544. The van der Waals surface area contributed by atoms with Crippen molar-refractivity contribution in [1.29, 1.82) is 0 Å². The van der Waals surface area contributed by atoms with Crippen LogP contribution in [0.1, 0.15) is 26.6 Å². The van der Waals surface area contributed by atoms with E-state index >= 15 is 0 Å². The molecule has 0 saturated heterocycles. The Morgan fingerprint density at radius 2 is 2.11 bits per heavy atom. The van der Waals surface area contributed by atoms with Crippen LogP contribution in [-0.4, -0.2) is 20.6 Å². The number of thiophene rings is 1. The molecule has 1 amide bonds. The summed E-state index contributed by atoms with van der Waals surface area (Å²) in [6, 6.07) is 8.95. The average molecular weight is 415 g/mol. The number of carbonyl (C=O) groups is 1. The summed E-state index contributed by atoms with van der Waals surface area (Å²) in [5.74, 6) is 0.557. The molecule has 0 atom stereocenters. The molecule has 0 unspecified atom stereocenters. The molecule has 4 rings (SSSR count). The lowest BCUT2D eigenvalue weighted by atomic mass is 10.2. The van der Waals surface area contributed by atoms with Gasteiger partial charge in [-0.25, -0.2) is 4.98 Å². The largest absolute Gasteiger partial charge is 0.360 e. The fraction of sp³-hybridized carbons (Fsp3) is 0.158. The predicted octanol–water partition coefficient (Wildman–Crippen LogP) is 4.02.